The highest BCUT2D eigenvalue weighted by Crippen LogP contribution is 2.31. The number of ether oxygens (including phenoxy) is 1. The molecule has 0 bridgehead atoms. The van der Waals surface area contributed by atoms with E-state index in [0.29, 0.717) is 42.7 Å². The molecule has 1 aromatic carbocycles. The number of pyridine rings is 1. The van der Waals surface area contributed by atoms with Gasteiger partial charge in [-0.15, -0.1) is 0 Å². The second-order valence-electron chi connectivity index (χ2n) is 6.83. The largest absolute Gasteiger partial charge is 0.398 e. The number of nitrogens with two attached hydrogens (primary N) is 1. The summed E-state index contributed by atoms with van der Waals surface area (Å²) in [6.45, 7) is 7.06. The van der Waals surface area contributed by atoms with E-state index in [1.165, 1.54) is 17.1 Å². The Morgan fingerprint density at radius 3 is 2.44 bits per heavy atom. The van der Waals surface area contributed by atoms with Crippen molar-refractivity contribution in [3.05, 3.63) is 30.0 Å². The van der Waals surface area contributed by atoms with Crippen LogP contribution in [0.25, 0.3) is 10.9 Å². The molecule has 2 aromatic rings. The van der Waals surface area contributed by atoms with Gasteiger partial charge in [-0.2, -0.15) is 4.31 Å². The Morgan fingerprint density at radius 1 is 1.26 bits per heavy atom. The van der Waals surface area contributed by atoms with E-state index in [1.807, 2.05) is 6.07 Å². The van der Waals surface area contributed by atoms with Crippen molar-refractivity contribution >= 4 is 26.6 Å². The van der Waals surface area contributed by atoms with Crippen molar-refractivity contribution in [3.63, 3.8) is 0 Å². The van der Waals surface area contributed by atoms with E-state index in [1.54, 1.807) is 32.4 Å². The summed E-state index contributed by atoms with van der Waals surface area (Å²) in [5, 5.41) is 0.780. The number of nitrogen functional groups attached to an aromatic ring is 1. The molecule has 0 unspecified atom stereocenters. The summed E-state index contributed by atoms with van der Waals surface area (Å²) in [5.74, 6) is 0. The zero-order valence-corrected chi connectivity index (χ0v) is 17.6. The smallest absolute Gasteiger partial charge is 0.243 e. The molecular formula is C20H31N3O3S. The minimum atomic E-state index is -3.58. The maximum atomic E-state index is 13.0. The lowest BCUT2D eigenvalue weighted by molar-refractivity contribution is 0.0604. The van der Waals surface area contributed by atoms with E-state index < -0.39 is 10.0 Å². The molecule has 0 amide bonds. The van der Waals surface area contributed by atoms with E-state index in [4.69, 9.17) is 10.5 Å². The fourth-order valence-electron chi connectivity index (χ4n) is 3.10. The van der Waals surface area contributed by atoms with Crippen molar-refractivity contribution in [1.29, 1.82) is 0 Å². The van der Waals surface area contributed by atoms with Crippen LogP contribution in [-0.2, 0) is 14.8 Å². The number of hydrogen-bond acceptors (Lipinski definition) is 5. The average Bonchev–Trinajstić information content (AvgIpc) is 2.70. The molecule has 0 radical (unpaired) electrons. The fourth-order valence-corrected chi connectivity index (χ4v) is 4.83. The molecule has 2 N–H and O–H groups in total. The van der Waals surface area contributed by atoms with Crippen LogP contribution in [0.4, 0.5) is 5.69 Å². The first-order valence-corrected chi connectivity index (χ1v) is 11.0. The zero-order chi connectivity index (χ0) is 20.0. The van der Waals surface area contributed by atoms with Gasteiger partial charge in [0, 0.05) is 37.5 Å². The SMILES string of the molecule is CCCC.COC1CCN(S(=O)(=O)c2cc(N)c3cccnc3c2C)CC1. The van der Waals surface area contributed by atoms with Crippen molar-refractivity contribution in [3.8, 4) is 0 Å². The standard InChI is InChI=1S/C16H21N3O3S.C4H10/c1-11-15(10-14(17)13-4-3-7-18-16(11)13)23(20,21)19-8-5-12(22-2)6-9-19;1-3-4-2/h3-4,7,10,12H,5-6,8-9,17H2,1-2H3;3-4H2,1-2H3. The van der Waals surface area contributed by atoms with Gasteiger partial charge in [-0.05, 0) is 43.5 Å². The van der Waals surface area contributed by atoms with E-state index in [-0.39, 0.29) is 11.0 Å². The van der Waals surface area contributed by atoms with Gasteiger partial charge in [-0.25, -0.2) is 8.42 Å². The first-order valence-electron chi connectivity index (χ1n) is 9.53. The zero-order valence-electron chi connectivity index (χ0n) is 16.7. The number of hydrogen-bond donors (Lipinski definition) is 1. The lowest BCUT2D eigenvalue weighted by Crippen LogP contribution is -2.40. The van der Waals surface area contributed by atoms with Gasteiger partial charge in [0.2, 0.25) is 10.0 Å². The van der Waals surface area contributed by atoms with E-state index in [0.717, 1.165) is 5.39 Å². The molecule has 2 heterocycles. The number of aromatic nitrogens is 1. The minimum absolute atomic E-state index is 0.130. The Morgan fingerprint density at radius 2 is 1.89 bits per heavy atom. The number of piperidine rings is 1. The predicted octanol–water partition coefficient (Wildman–Crippen LogP) is 3.73. The van der Waals surface area contributed by atoms with Crippen molar-refractivity contribution in [2.75, 3.05) is 25.9 Å². The predicted molar refractivity (Wildman–Crippen MR) is 110 cm³/mol. The highest BCUT2D eigenvalue weighted by molar-refractivity contribution is 7.89. The maximum absolute atomic E-state index is 13.0. The number of nitrogens with zero attached hydrogens (tertiary/aromatic N) is 2. The number of benzene rings is 1. The molecule has 1 saturated heterocycles. The maximum Gasteiger partial charge on any atom is 0.243 e. The fraction of sp³-hybridized carbons (Fsp3) is 0.550. The Hall–Kier alpha value is -1.70. The molecule has 7 heteroatoms. The van der Waals surface area contributed by atoms with Crippen LogP contribution >= 0.6 is 0 Å². The Bertz CT molecular complexity index is 858. The summed E-state index contributed by atoms with van der Waals surface area (Å²) < 4.78 is 32.8. The first-order chi connectivity index (χ1) is 12.9. The van der Waals surface area contributed by atoms with Crippen molar-refractivity contribution in [1.82, 2.24) is 9.29 Å². The lowest BCUT2D eigenvalue weighted by Gasteiger charge is -2.31. The van der Waals surface area contributed by atoms with Crippen molar-refractivity contribution < 1.29 is 13.2 Å². The molecule has 27 heavy (non-hydrogen) atoms. The summed E-state index contributed by atoms with van der Waals surface area (Å²) in [7, 11) is -1.92. The summed E-state index contributed by atoms with van der Waals surface area (Å²) >= 11 is 0. The molecule has 0 spiro atoms. The number of sulfonamides is 1. The van der Waals surface area contributed by atoms with Crippen LogP contribution in [0.2, 0.25) is 0 Å². The molecule has 1 aromatic heterocycles. The van der Waals surface area contributed by atoms with Crippen molar-refractivity contribution in [2.45, 2.75) is 57.5 Å². The van der Waals surface area contributed by atoms with Gasteiger partial charge < -0.3 is 10.5 Å². The summed E-state index contributed by atoms with van der Waals surface area (Å²) in [5.41, 5.74) is 7.77. The van der Waals surface area contributed by atoms with E-state index in [9.17, 15) is 8.42 Å². The van der Waals surface area contributed by atoms with Crippen LogP contribution in [-0.4, -0.2) is 44.0 Å². The van der Waals surface area contributed by atoms with Crippen LogP contribution in [0.5, 0.6) is 0 Å². The summed E-state index contributed by atoms with van der Waals surface area (Å²) in [6.07, 6.45) is 5.83. The molecular weight excluding hydrogens is 362 g/mol. The van der Waals surface area contributed by atoms with Gasteiger partial charge in [0.05, 0.1) is 16.5 Å². The molecule has 3 rings (SSSR count). The average molecular weight is 394 g/mol. The third-order valence-corrected chi connectivity index (χ3v) is 7.01. The number of rotatable bonds is 4. The third-order valence-electron chi connectivity index (χ3n) is 4.98. The van der Waals surface area contributed by atoms with Gasteiger partial charge in [-0.3, -0.25) is 4.98 Å². The minimum Gasteiger partial charge on any atom is -0.398 e. The van der Waals surface area contributed by atoms with Crippen LogP contribution in [0.15, 0.2) is 29.3 Å². The van der Waals surface area contributed by atoms with Crippen LogP contribution in [0.3, 0.4) is 0 Å². The Labute approximate surface area is 162 Å². The number of unbranched alkanes of at least 4 members (excludes halogenated alkanes) is 1. The lowest BCUT2D eigenvalue weighted by atomic mass is 10.1. The molecule has 1 fully saturated rings. The Kier molecular flexibility index (Phi) is 7.59. The summed E-state index contributed by atoms with van der Waals surface area (Å²) in [4.78, 5) is 4.55. The molecule has 0 aliphatic carbocycles. The number of fused-ring (bicyclic) bond motifs is 1. The van der Waals surface area contributed by atoms with Gasteiger partial charge in [0.25, 0.3) is 0 Å². The topological polar surface area (TPSA) is 85.5 Å². The van der Waals surface area contributed by atoms with E-state index in [2.05, 4.69) is 18.8 Å². The monoisotopic (exact) mass is 393 g/mol. The van der Waals surface area contributed by atoms with Gasteiger partial charge in [0.15, 0.2) is 0 Å². The highest BCUT2D eigenvalue weighted by Gasteiger charge is 2.31. The van der Waals surface area contributed by atoms with Crippen LogP contribution in [0, 0.1) is 6.92 Å². The molecule has 0 saturated carbocycles. The molecule has 150 valence electrons. The van der Waals surface area contributed by atoms with Crippen LogP contribution < -0.4 is 5.73 Å². The third kappa shape index (κ3) is 4.78. The van der Waals surface area contributed by atoms with E-state index >= 15 is 0 Å². The van der Waals surface area contributed by atoms with Gasteiger partial charge in [-0.1, -0.05) is 26.7 Å². The summed E-state index contributed by atoms with van der Waals surface area (Å²) in [6, 6.07) is 5.20. The number of aryl methyl sites for hydroxylation is 1. The first kappa shape index (κ1) is 21.6. The van der Waals surface area contributed by atoms with Crippen LogP contribution in [0.1, 0.15) is 45.1 Å². The van der Waals surface area contributed by atoms with Gasteiger partial charge in [0.1, 0.15) is 0 Å². The normalized spacial score (nSPS) is 16.1. The molecule has 0 atom stereocenters. The Balaban J connectivity index is 0.000000596. The molecule has 6 nitrogen and oxygen atoms in total. The molecule has 1 aliphatic rings. The molecule has 1 aliphatic heterocycles. The second kappa shape index (κ2) is 9.48. The quantitative estimate of drug-likeness (QED) is 0.800. The van der Waals surface area contributed by atoms with Crippen molar-refractivity contribution in [2.24, 2.45) is 0 Å². The number of anilines is 1. The number of methoxy groups -OCH3 is 1. The van der Waals surface area contributed by atoms with Gasteiger partial charge >= 0.3 is 0 Å². The highest BCUT2D eigenvalue weighted by atomic mass is 32.2. The second-order valence-corrected chi connectivity index (χ2v) is 8.73.